The zero-order valence-electron chi connectivity index (χ0n) is 11.4. The number of hydrogen-bond donors (Lipinski definition) is 3. The fraction of sp³-hybridized carbons (Fsp3) is 0.500. The van der Waals surface area contributed by atoms with Gasteiger partial charge in [-0.3, -0.25) is 14.9 Å². The maximum absolute atomic E-state index is 11.3. The SMILES string of the molecule is CC(C)(CCO)CNc1ncc([N+](=O)[O-])cc1C(N)=O. The van der Waals surface area contributed by atoms with E-state index >= 15 is 0 Å². The van der Waals surface area contributed by atoms with E-state index in [1.54, 1.807) is 0 Å². The highest BCUT2D eigenvalue weighted by Crippen LogP contribution is 2.23. The van der Waals surface area contributed by atoms with Gasteiger partial charge in [0.05, 0.1) is 10.5 Å². The molecule has 1 aromatic heterocycles. The summed E-state index contributed by atoms with van der Waals surface area (Å²) in [6.45, 7) is 4.36. The molecule has 8 heteroatoms. The van der Waals surface area contributed by atoms with Gasteiger partial charge in [0, 0.05) is 19.2 Å². The minimum atomic E-state index is -0.788. The average molecular weight is 282 g/mol. The van der Waals surface area contributed by atoms with Crippen LogP contribution in [0.1, 0.15) is 30.6 Å². The highest BCUT2D eigenvalue weighted by atomic mass is 16.6. The van der Waals surface area contributed by atoms with Crippen LogP contribution in [0.15, 0.2) is 12.3 Å². The van der Waals surface area contributed by atoms with Crippen LogP contribution < -0.4 is 11.1 Å². The quantitative estimate of drug-likeness (QED) is 0.503. The molecule has 0 aliphatic carbocycles. The summed E-state index contributed by atoms with van der Waals surface area (Å²) in [5.41, 5.74) is 4.66. The van der Waals surface area contributed by atoms with Crippen molar-refractivity contribution in [2.45, 2.75) is 20.3 Å². The van der Waals surface area contributed by atoms with Gasteiger partial charge in [-0.05, 0) is 11.8 Å². The van der Waals surface area contributed by atoms with Gasteiger partial charge in [0.1, 0.15) is 12.0 Å². The molecule has 0 aliphatic heterocycles. The number of aliphatic hydroxyl groups excluding tert-OH is 1. The summed E-state index contributed by atoms with van der Waals surface area (Å²) in [5.74, 6) is -0.585. The smallest absolute Gasteiger partial charge is 0.288 e. The first-order chi connectivity index (χ1) is 9.26. The molecule has 0 atom stereocenters. The number of rotatable bonds is 7. The molecule has 0 radical (unpaired) electrons. The molecular weight excluding hydrogens is 264 g/mol. The zero-order chi connectivity index (χ0) is 15.3. The first-order valence-electron chi connectivity index (χ1n) is 6.06. The number of primary amides is 1. The second-order valence-corrected chi connectivity index (χ2v) is 5.20. The van der Waals surface area contributed by atoms with E-state index in [2.05, 4.69) is 10.3 Å². The second-order valence-electron chi connectivity index (χ2n) is 5.20. The molecule has 1 heterocycles. The number of pyridine rings is 1. The molecule has 0 bridgehead atoms. The van der Waals surface area contributed by atoms with E-state index in [4.69, 9.17) is 10.8 Å². The van der Waals surface area contributed by atoms with Gasteiger partial charge in [-0.25, -0.2) is 4.98 Å². The van der Waals surface area contributed by atoms with Gasteiger partial charge in [-0.15, -0.1) is 0 Å². The molecule has 0 saturated carbocycles. The third kappa shape index (κ3) is 4.16. The fourth-order valence-electron chi connectivity index (χ4n) is 1.60. The van der Waals surface area contributed by atoms with Crippen LogP contribution in [0.2, 0.25) is 0 Å². The number of nitrogens with one attached hydrogen (secondary N) is 1. The normalized spacial score (nSPS) is 11.2. The maximum atomic E-state index is 11.3. The van der Waals surface area contributed by atoms with E-state index in [9.17, 15) is 14.9 Å². The predicted octanol–water partition coefficient (Wildman–Crippen LogP) is 0.909. The Kier molecular flexibility index (Phi) is 4.98. The van der Waals surface area contributed by atoms with Crippen molar-refractivity contribution in [1.29, 1.82) is 0 Å². The lowest BCUT2D eigenvalue weighted by Gasteiger charge is -2.24. The highest BCUT2D eigenvalue weighted by molar-refractivity contribution is 5.98. The van der Waals surface area contributed by atoms with Crippen LogP contribution in [0.4, 0.5) is 11.5 Å². The summed E-state index contributed by atoms with van der Waals surface area (Å²) in [6.07, 6.45) is 1.63. The van der Waals surface area contributed by atoms with E-state index in [1.807, 2.05) is 13.8 Å². The molecule has 1 rings (SSSR count). The van der Waals surface area contributed by atoms with E-state index in [0.717, 1.165) is 12.3 Å². The molecule has 110 valence electrons. The number of amides is 1. The maximum Gasteiger partial charge on any atom is 0.288 e. The van der Waals surface area contributed by atoms with Crippen LogP contribution in [0.5, 0.6) is 0 Å². The number of aromatic nitrogens is 1. The Balaban J connectivity index is 2.95. The van der Waals surface area contributed by atoms with Crippen LogP contribution in [0.3, 0.4) is 0 Å². The Morgan fingerprint density at radius 2 is 2.25 bits per heavy atom. The van der Waals surface area contributed by atoms with Crippen molar-refractivity contribution in [1.82, 2.24) is 4.98 Å². The second kappa shape index (κ2) is 6.29. The van der Waals surface area contributed by atoms with Gasteiger partial charge in [0.2, 0.25) is 0 Å². The van der Waals surface area contributed by atoms with E-state index in [1.165, 1.54) is 0 Å². The Bertz CT molecular complexity index is 516. The average Bonchev–Trinajstić information content (AvgIpc) is 2.36. The lowest BCUT2D eigenvalue weighted by atomic mass is 9.90. The molecule has 0 saturated heterocycles. The summed E-state index contributed by atoms with van der Waals surface area (Å²) in [7, 11) is 0. The van der Waals surface area contributed by atoms with Gasteiger partial charge in [0.25, 0.3) is 11.6 Å². The molecule has 0 aromatic carbocycles. The number of nitrogens with zero attached hydrogens (tertiary/aromatic N) is 2. The summed E-state index contributed by atoms with van der Waals surface area (Å²) in [5, 5.41) is 22.5. The van der Waals surface area contributed by atoms with Gasteiger partial charge in [-0.2, -0.15) is 0 Å². The van der Waals surface area contributed by atoms with Gasteiger partial charge in [0.15, 0.2) is 0 Å². The van der Waals surface area contributed by atoms with Crippen molar-refractivity contribution in [3.05, 3.63) is 27.9 Å². The minimum absolute atomic E-state index is 0.0287. The Hall–Kier alpha value is -2.22. The molecular formula is C12H18N4O4. The van der Waals surface area contributed by atoms with Gasteiger partial charge < -0.3 is 16.2 Å². The minimum Gasteiger partial charge on any atom is -0.396 e. The van der Waals surface area contributed by atoms with Crippen molar-refractivity contribution in [2.75, 3.05) is 18.5 Å². The number of carbonyl (C=O) groups is 1. The summed E-state index contributed by atoms with van der Waals surface area (Å²) in [4.78, 5) is 25.2. The predicted molar refractivity (Wildman–Crippen MR) is 73.4 cm³/mol. The number of anilines is 1. The number of aliphatic hydroxyl groups is 1. The Labute approximate surface area is 116 Å². The van der Waals surface area contributed by atoms with Gasteiger partial charge in [-0.1, -0.05) is 13.8 Å². The van der Waals surface area contributed by atoms with Gasteiger partial charge >= 0.3 is 0 Å². The topological polar surface area (TPSA) is 131 Å². The molecule has 1 amide bonds. The number of hydrogen-bond acceptors (Lipinski definition) is 6. The third-order valence-electron chi connectivity index (χ3n) is 2.87. The molecule has 4 N–H and O–H groups in total. The largest absolute Gasteiger partial charge is 0.396 e. The van der Waals surface area contributed by atoms with Crippen molar-refractivity contribution in [3.63, 3.8) is 0 Å². The molecule has 20 heavy (non-hydrogen) atoms. The molecule has 0 fully saturated rings. The lowest BCUT2D eigenvalue weighted by Crippen LogP contribution is -2.26. The molecule has 0 spiro atoms. The fourth-order valence-corrected chi connectivity index (χ4v) is 1.60. The number of carbonyl (C=O) groups excluding carboxylic acids is 1. The molecule has 0 aliphatic rings. The van der Waals surface area contributed by atoms with E-state index in [-0.39, 0.29) is 29.1 Å². The monoisotopic (exact) mass is 282 g/mol. The van der Waals surface area contributed by atoms with Crippen molar-refractivity contribution in [3.8, 4) is 0 Å². The molecule has 0 unspecified atom stereocenters. The van der Waals surface area contributed by atoms with Crippen LogP contribution in [-0.4, -0.2) is 34.1 Å². The van der Waals surface area contributed by atoms with Crippen molar-refractivity contribution in [2.24, 2.45) is 11.1 Å². The zero-order valence-corrected chi connectivity index (χ0v) is 11.4. The third-order valence-corrected chi connectivity index (χ3v) is 2.87. The first-order valence-corrected chi connectivity index (χ1v) is 6.06. The van der Waals surface area contributed by atoms with E-state index < -0.39 is 10.8 Å². The number of nitro groups is 1. The summed E-state index contributed by atoms with van der Waals surface area (Å²) >= 11 is 0. The molecule has 8 nitrogen and oxygen atoms in total. The molecule has 1 aromatic rings. The van der Waals surface area contributed by atoms with Crippen molar-refractivity contribution >= 4 is 17.4 Å². The van der Waals surface area contributed by atoms with Crippen LogP contribution in [-0.2, 0) is 0 Å². The van der Waals surface area contributed by atoms with Crippen LogP contribution >= 0.6 is 0 Å². The van der Waals surface area contributed by atoms with Crippen molar-refractivity contribution < 1.29 is 14.8 Å². The number of nitrogens with two attached hydrogens (primary N) is 1. The Morgan fingerprint density at radius 1 is 1.60 bits per heavy atom. The summed E-state index contributed by atoms with van der Waals surface area (Å²) in [6, 6.07) is 1.09. The lowest BCUT2D eigenvalue weighted by molar-refractivity contribution is -0.385. The highest BCUT2D eigenvalue weighted by Gasteiger charge is 2.20. The van der Waals surface area contributed by atoms with Crippen LogP contribution in [0, 0.1) is 15.5 Å². The van der Waals surface area contributed by atoms with Crippen LogP contribution in [0.25, 0.3) is 0 Å². The summed E-state index contributed by atoms with van der Waals surface area (Å²) < 4.78 is 0. The van der Waals surface area contributed by atoms with E-state index in [0.29, 0.717) is 13.0 Å². The standard InChI is InChI=1S/C12H18N4O4/c1-12(2,3-4-17)7-15-11-9(10(13)18)5-8(6-14-11)16(19)20/h5-6,17H,3-4,7H2,1-2H3,(H2,13,18)(H,14,15). The Morgan fingerprint density at radius 3 is 2.75 bits per heavy atom. The first kappa shape index (κ1) is 15.8.